The molecule has 0 aromatic carbocycles. The fourth-order valence-electron chi connectivity index (χ4n) is 0.460. The van der Waals surface area contributed by atoms with Crippen molar-refractivity contribution in [1.29, 1.82) is 0 Å². The molecule has 0 aromatic rings. The fourth-order valence-corrected chi connectivity index (χ4v) is 1.38. The summed E-state index contributed by atoms with van der Waals surface area (Å²) in [5, 5.41) is 0. The number of rotatable bonds is 6. The zero-order chi connectivity index (χ0) is 7.82. The van der Waals surface area contributed by atoms with Crippen LogP contribution in [0.5, 0.6) is 0 Å². The first-order chi connectivity index (χ1) is 4.81. The quantitative estimate of drug-likeness (QED) is 0.475. The Morgan fingerprint density at radius 3 is 2.70 bits per heavy atom. The summed E-state index contributed by atoms with van der Waals surface area (Å²) < 4.78 is 5.14. The van der Waals surface area contributed by atoms with E-state index in [0.717, 1.165) is 24.7 Å². The van der Waals surface area contributed by atoms with Gasteiger partial charge in [0, 0.05) is 18.4 Å². The van der Waals surface area contributed by atoms with Gasteiger partial charge in [0.1, 0.15) is 0 Å². The Morgan fingerprint density at radius 2 is 2.20 bits per heavy atom. The highest BCUT2D eigenvalue weighted by Crippen LogP contribution is 2.03. The van der Waals surface area contributed by atoms with Crippen molar-refractivity contribution in [2.75, 3.05) is 18.3 Å². The molecule has 3 heteroatoms. The molecule has 0 aliphatic rings. The van der Waals surface area contributed by atoms with E-state index in [0.29, 0.717) is 6.04 Å². The lowest BCUT2D eigenvalue weighted by Crippen LogP contribution is -2.21. The van der Waals surface area contributed by atoms with Gasteiger partial charge >= 0.3 is 0 Å². The SMILES string of the molecule is CCOCSCC(N)CC. The van der Waals surface area contributed by atoms with Gasteiger partial charge in [-0.2, -0.15) is 0 Å². The minimum absolute atomic E-state index is 0.338. The van der Waals surface area contributed by atoms with Crippen molar-refractivity contribution < 1.29 is 4.74 Å². The summed E-state index contributed by atoms with van der Waals surface area (Å²) >= 11 is 1.76. The molecular weight excluding hydrogens is 146 g/mol. The topological polar surface area (TPSA) is 35.2 Å². The molecule has 0 amide bonds. The van der Waals surface area contributed by atoms with Gasteiger partial charge in [-0.05, 0) is 13.3 Å². The maximum absolute atomic E-state index is 5.68. The number of hydrogen-bond donors (Lipinski definition) is 1. The van der Waals surface area contributed by atoms with Crippen LogP contribution in [0.2, 0.25) is 0 Å². The summed E-state index contributed by atoms with van der Waals surface area (Å²) in [5.74, 6) is 1.79. The minimum Gasteiger partial charge on any atom is -0.371 e. The lowest BCUT2D eigenvalue weighted by atomic mass is 10.3. The first-order valence-corrected chi connectivity index (χ1v) is 4.87. The summed E-state index contributed by atoms with van der Waals surface area (Å²) in [5.41, 5.74) is 5.68. The summed E-state index contributed by atoms with van der Waals surface area (Å²) in [6.45, 7) is 4.90. The van der Waals surface area contributed by atoms with E-state index in [1.54, 1.807) is 11.8 Å². The average molecular weight is 163 g/mol. The van der Waals surface area contributed by atoms with Crippen molar-refractivity contribution in [3.8, 4) is 0 Å². The normalized spacial score (nSPS) is 13.5. The molecule has 0 heterocycles. The molecule has 0 saturated heterocycles. The molecule has 0 aromatic heterocycles. The van der Waals surface area contributed by atoms with Gasteiger partial charge < -0.3 is 10.5 Å². The summed E-state index contributed by atoms with van der Waals surface area (Å²) in [6.07, 6.45) is 1.05. The molecule has 0 fully saturated rings. The van der Waals surface area contributed by atoms with Crippen molar-refractivity contribution >= 4 is 11.8 Å². The molecule has 62 valence electrons. The van der Waals surface area contributed by atoms with Gasteiger partial charge in [-0.1, -0.05) is 6.92 Å². The highest BCUT2D eigenvalue weighted by molar-refractivity contribution is 7.99. The highest BCUT2D eigenvalue weighted by atomic mass is 32.2. The van der Waals surface area contributed by atoms with E-state index in [1.807, 2.05) is 6.92 Å². The lowest BCUT2D eigenvalue weighted by Gasteiger charge is -2.06. The molecule has 0 radical (unpaired) electrons. The third kappa shape index (κ3) is 6.39. The van der Waals surface area contributed by atoms with Gasteiger partial charge in [0.2, 0.25) is 0 Å². The number of thioether (sulfide) groups is 1. The van der Waals surface area contributed by atoms with Crippen LogP contribution in [-0.4, -0.2) is 24.3 Å². The third-order valence-corrected chi connectivity index (χ3v) is 2.22. The maximum atomic E-state index is 5.68. The van der Waals surface area contributed by atoms with E-state index in [1.165, 1.54) is 0 Å². The van der Waals surface area contributed by atoms with Crippen LogP contribution in [0.1, 0.15) is 20.3 Å². The van der Waals surface area contributed by atoms with E-state index >= 15 is 0 Å². The van der Waals surface area contributed by atoms with Gasteiger partial charge in [0.05, 0.1) is 5.94 Å². The average Bonchev–Trinajstić information content (AvgIpc) is 1.98. The summed E-state index contributed by atoms with van der Waals surface area (Å²) in [7, 11) is 0. The second-order valence-corrected chi connectivity index (χ2v) is 3.13. The van der Waals surface area contributed by atoms with Crippen LogP contribution >= 0.6 is 11.8 Å². The highest BCUT2D eigenvalue weighted by Gasteiger charge is 1.97. The van der Waals surface area contributed by atoms with Crippen molar-refractivity contribution in [2.45, 2.75) is 26.3 Å². The van der Waals surface area contributed by atoms with Crippen LogP contribution in [0.3, 0.4) is 0 Å². The Labute approximate surface area is 67.5 Å². The van der Waals surface area contributed by atoms with Gasteiger partial charge in [-0.25, -0.2) is 0 Å². The molecule has 2 N–H and O–H groups in total. The van der Waals surface area contributed by atoms with E-state index in [9.17, 15) is 0 Å². The Morgan fingerprint density at radius 1 is 1.50 bits per heavy atom. The van der Waals surface area contributed by atoms with E-state index in [2.05, 4.69) is 6.92 Å². The van der Waals surface area contributed by atoms with E-state index in [4.69, 9.17) is 10.5 Å². The second kappa shape index (κ2) is 7.38. The van der Waals surface area contributed by atoms with Gasteiger partial charge in [-0.15, -0.1) is 11.8 Å². The smallest absolute Gasteiger partial charge is 0.0921 e. The van der Waals surface area contributed by atoms with E-state index < -0.39 is 0 Å². The summed E-state index contributed by atoms with van der Waals surface area (Å²) in [4.78, 5) is 0. The summed E-state index contributed by atoms with van der Waals surface area (Å²) in [6, 6.07) is 0.338. The molecule has 0 spiro atoms. The monoisotopic (exact) mass is 163 g/mol. The Kier molecular flexibility index (Phi) is 7.58. The van der Waals surface area contributed by atoms with Crippen molar-refractivity contribution in [2.24, 2.45) is 5.73 Å². The van der Waals surface area contributed by atoms with Crippen LogP contribution < -0.4 is 5.73 Å². The van der Waals surface area contributed by atoms with Gasteiger partial charge in [0.15, 0.2) is 0 Å². The number of nitrogens with two attached hydrogens (primary N) is 1. The molecular formula is C7H17NOS. The van der Waals surface area contributed by atoms with Crippen LogP contribution in [0.15, 0.2) is 0 Å². The molecule has 10 heavy (non-hydrogen) atoms. The molecule has 2 nitrogen and oxygen atoms in total. The second-order valence-electron chi connectivity index (χ2n) is 2.15. The van der Waals surface area contributed by atoms with Gasteiger partial charge in [0.25, 0.3) is 0 Å². The molecule has 0 saturated carbocycles. The zero-order valence-electron chi connectivity index (χ0n) is 6.80. The fraction of sp³-hybridized carbons (Fsp3) is 1.00. The molecule has 0 bridgehead atoms. The van der Waals surface area contributed by atoms with Gasteiger partial charge in [-0.3, -0.25) is 0 Å². The molecule has 0 rings (SSSR count). The van der Waals surface area contributed by atoms with Crippen LogP contribution in [0.25, 0.3) is 0 Å². The van der Waals surface area contributed by atoms with Crippen LogP contribution in [0.4, 0.5) is 0 Å². The Hall–Kier alpha value is 0.270. The predicted octanol–water partition coefficient (Wildman–Crippen LogP) is 1.45. The molecule has 1 unspecified atom stereocenters. The zero-order valence-corrected chi connectivity index (χ0v) is 7.62. The standard InChI is InChI=1S/C7H17NOS/c1-3-7(8)5-10-6-9-4-2/h7H,3-6,8H2,1-2H3. The molecule has 0 aliphatic carbocycles. The number of ether oxygens (including phenoxy) is 1. The Balaban J connectivity index is 2.89. The van der Waals surface area contributed by atoms with Crippen LogP contribution in [-0.2, 0) is 4.74 Å². The van der Waals surface area contributed by atoms with E-state index in [-0.39, 0.29) is 0 Å². The first-order valence-electron chi connectivity index (χ1n) is 3.72. The molecule has 0 aliphatic heterocycles. The van der Waals surface area contributed by atoms with Crippen LogP contribution in [0, 0.1) is 0 Å². The lowest BCUT2D eigenvalue weighted by molar-refractivity contribution is 0.199. The number of hydrogen-bond acceptors (Lipinski definition) is 3. The minimum atomic E-state index is 0.338. The first kappa shape index (κ1) is 10.3. The molecule has 1 atom stereocenters. The van der Waals surface area contributed by atoms with Crippen molar-refractivity contribution in [3.05, 3.63) is 0 Å². The third-order valence-electron chi connectivity index (χ3n) is 1.23. The maximum Gasteiger partial charge on any atom is 0.0921 e. The largest absolute Gasteiger partial charge is 0.371 e. The van der Waals surface area contributed by atoms with Crippen molar-refractivity contribution in [1.82, 2.24) is 0 Å². The van der Waals surface area contributed by atoms with Crippen molar-refractivity contribution in [3.63, 3.8) is 0 Å². The Bertz CT molecular complexity index is 70.6. The predicted molar refractivity (Wildman–Crippen MR) is 47.2 cm³/mol.